The molecule has 0 unspecified atom stereocenters. The molecule has 0 radical (unpaired) electrons. The Morgan fingerprint density at radius 1 is 1.03 bits per heavy atom. The molecule has 1 saturated heterocycles. The van der Waals surface area contributed by atoms with Gasteiger partial charge in [-0.3, -0.25) is 9.59 Å². The van der Waals surface area contributed by atoms with E-state index >= 15 is 0 Å². The number of carbonyl (C=O) groups excluding carboxylic acids is 2. The summed E-state index contributed by atoms with van der Waals surface area (Å²) in [6.45, 7) is 2.67. The van der Waals surface area contributed by atoms with E-state index in [0.29, 0.717) is 37.5 Å². The van der Waals surface area contributed by atoms with Gasteiger partial charge in [0.1, 0.15) is 12.3 Å². The van der Waals surface area contributed by atoms with Crippen molar-refractivity contribution in [2.75, 3.05) is 25.0 Å². The van der Waals surface area contributed by atoms with Crippen molar-refractivity contribution in [1.82, 2.24) is 14.5 Å². The number of nitrogens with one attached hydrogen (secondary N) is 1. The maximum Gasteiger partial charge on any atom is 0.253 e. The van der Waals surface area contributed by atoms with Crippen LogP contribution in [0.4, 0.5) is 5.69 Å². The van der Waals surface area contributed by atoms with Gasteiger partial charge in [0, 0.05) is 41.9 Å². The van der Waals surface area contributed by atoms with Crippen molar-refractivity contribution >= 4 is 28.5 Å². The zero-order valence-corrected chi connectivity index (χ0v) is 20.5. The van der Waals surface area contributed by atoms with Gasteiger partial charge in [0.15, 0.2) is 0 Å². The number of rotatable bonds is 5. The summed E-state index contributed by atoms with van der Waals surface area (Å²) in [5.41, 5.74) is 11.2. The molecule has 1 aromatic heterocycles. The highest BCUT2D eigenvalue weighted by molar-refractivity contribution is 5.96. The summed E-state index contributed by atoms with van der Waals surface area (Å²) >= 11 is 0. The number of fused-ring (bicyclic) bond motifs is 3. The number of aromatic nitrogens is 2. The molecule has 37 heavy (non-hydrogen) atoms. The lowest BCUT2D eigenvalue weighted by Crippen LogP contribution is -2.46. The molecular formula is C29H29N5O3. The average molecular weight is 496 g/mol. The fraction of sp³-hybridized carbons (Fsp3) is 0.276. The van der Waals surface area contributed by atoms with Crippen molar-refractivity contribution < 1.29 is 14.3 Å². The van der Waals surface area contributed by atoms with E-state index in [1.54, 1.807) is 30.6 Å². The minimum absolute atomic E-state index is 0.00691. The largest absolute Gasteiger partial charge is 0.492 e. The van der Waals surface area contributed by atoms with Crippen LogP contribution in [-0.4, -0.2) is 46.0 Å². The first-order valence-corrected chi connectivity index (χ1v) is 12.6. The molecule has 3 heterocycles. The fourth-order valence-corrected chi connectivity index (χ4v) is 5.46. The summed E-state index contributed by atoms with van der Waals surface area (Å²) in [6, 6.07) is 21.0. The first kappa shape index (κ1) is 23.2. The van der Waals surface area contributed by atoms with E-state index in [9.17, 15) is 9.59 Å². The Labute approximate surface area is 215 Å². The monoisotopic (exact) mass is 495 g/mol. The normalized spacial score (nSPS) is 16.0. The smallest absolute Gasteiger partial charge is 0.253 e. The Kier molecular flexibility index (Phi) is 5.88. The van der Waals surface area contributed by atoms with E-state index in [1.165, 1.54) is 5.56 Å². The van der Waals surface area contributed by atoms with Crippen molar-refractivity contribution in [3.05, 3.63) is 89.7 Å². The van der Waals surface area contributed by atoms with Gasteiger partial charge in [-0.1, -0.05) is 24.3 Å². The van der Waals surface area contributed by atoms with E-state index in [0.717, 1.165) is 35.2 Å². The number of nitrogens with two attached hydrogens (primary N) is 1. The minimum Gasteiger partial charge on any atom is -0.492 e. The Bertz CT molecular complexity index is 1470. The number of likely N-dealkylation sites (tertiary alicyclic amines) is 1. The van der Waals surface area contributed by atoms with E-state index in [-0.39, 0.29) is 23.8 Å². The molecule has 2 aliphatic rings. The van der Waals surface area contributed by atoms with Crippen molar-refractivity contribution in [2.45, 2.75) is 31.3 Å². The predicted octanol–water partition coefficient (Wildman–Crippen LogP) is 3.70. The van der Waals surface area contributed by atoms with E-state index < -0.39 is 0 Å². The number of amides is 2. The molecule has 0 bridgehead atoms. The fourth-order valence-electron chi connectivity index (χ4n) is 5.46. The molecule has 1 fully saturated rings. The molecule has 4 aromatic rings. The number of benzene rings is 3. The lowest BCUT2D eigenvalue weighted by molar-refractivity contribution is -0.116. The summed E-state index contributed by atoms with van der Waals surface area (Å²) in [7, 11) is 0. The molecule has 1 spiro atoms. The first-order chi connectivity index (χ1) is 18.0. The van der Waals surface area contributed by atoms with Crippen LogP contribution in [0.2, 0.25) is 0 Å². The number of ether oxygens (including phenoxy) is 1. The van der Waals surface area contributed by atoms with Crippen LogP contribution in [0.25, 0.3) is 11.0 Å². The maximum absolute atomic E-state index is 13.2. The van der Waals surface area contributed by atoms with Crippen LogP contribution in [-0.2, 0) is 23.3 Å². The molecule has 2 aliphatic heterocycles. The van der Waals surface area contributed by atoms with Gasteiger partial charge in [-0.05, 0) is 60.9 Å². The number of carbonyl (C=O) groups is 2. The summed E-state index contributed by atoms with van der Waals surface area (Å²) in [5.74, 6) is 0.795. The number of piperidine rings is 1. The first-order valence-electron chi connectivity index (χ1n) is 12.6. The molecule has 0 saturated carbocycles. The van der Waals surface area contributed by atoms with Crippen molar-refractivity contribution in [1.29, 1.82) is 0 Å². The zero-order chi connectivity index (χ0) is 25.4. The van der Waals surface area contributed by atoms with Gasteiger partial charge >= 0.3 is 0 Å². The Hall–Kier alpha value is -4.17. The summed E-state index contributed by atoms with van der Waals surface area (Å²) in [6.07, 6.45) is 3.38. The number of para-hydroxylation sites is 2. The van der Waals surface area contributed by atoms with Gasteiger partial charge in [-0.2, -0.15) is 0 Å². The van der Waals surface area contributed by atoms with Crippen LogP contribution in [0.3, 0.4) is 0 Å². The van der Waals surface area contributed by atoms with Gasteiger partial charge in [0.25, 0.3) is 5.91 Å². The molecule has 3 aromatic carbocycles. The lowest BCUT2D eigenvalue weighted by Gasteiger charge is -2.38. The number of hydrogen-bond donors (Lipinski definition) is 2. The highest BCUT2D eigenvalue weighted by Gasteiger charge is 2.43. The standard InChI is InChI=1S/C29H29N5O3/c30-16-20-5-10-26-23(15-20)29(18-37-26)11-13-33(14-12-29)28(36)21-6-8-22(9-7-21)32-27(35)17-34-19-31-24-3-1-2-4-25(24)34/h1-10,15,19H,11-14,16-18,30H2,(H,32,35). The highest BCUT2D eigenvalue weighted by atomic mass is 16.5. The van der Waals surface area contributed by atoms with Gasteiger partial charge in [0.05, 0.1) is 24.0 Å². The molecule has 2 amide bonds. The van der Waals surface area contributed by atoms with E-state index in [1.807, 2.05) is 45.9 Å². The molecule has 8 heteroatoms. The maximum atomic E-state index is 13.2. The number of nitrogens with zero attached hydrogens (tertiary/aromatic N) is 3. The van der Waals surface area contributed by atoms with Gasteiger partial charge < -0.3 is 25.3 Å². The van der Waals surface area contributed by atoms with Crippen LogP contribution in [0, 0.1) is 0 Å². The molecular weight excluding hydrogens is 466 g/mol. The minimum atomic E-state index is -0.152. The lowest BCUT2D eigenvalue weighted by atomic mass is 9.74. The van der Waals surface area contributed by atoms with Crippen LogP contribution in [0.15, 0.2) is 73.1 Å². The molecule has 0 aliphatic carbocycles. The number of anilines is 1. The third kappa shape index (κ3) is 4.34. The van der Waals surface area contributed by atoms with Gasteiger partial charge in [0.2, 0.25) is 5.91 Å². The van der Waals surface area contributed by atoms with Crippen LogP contribution in [0.1, 0.15) is 34.3 Å². The Morgan fingerprint density at radius 3 is 2.59 bits per heavy atom. The van der Waals surface area contributed by atoms with E-state index in [2.05, 4.69) is 16.4 Å². The molecule has 188 valence electrons. The Morgan fingerprint density at radius 2 is 1.81 bits per heavy atom. The topological polar surface area (TPSA) is 102 Å². The number of hydrogen-bond acceptors (Lipinski definition) is 5. The van der Waals surface area contributed by atoms with Crippen LogP contribution in [0.5, 0.6) is 5.75 Å². The molecule has 8 nitrogen and oxygen atoms in total. The SMILES string of the molecule is NCc1ccc2c(c1)C1(CCN(C(=O)c3ccc(NC(=O)Cn4cnc5ccccc54)cc3)CC1)CO2. The highest BCUT2D eigenvalue weighted by Crippen LogP contribution is 2.46. The average Bonchev–Trinajstić information content (AvgIpc) is 3.50. The quantitative estimate of drug-likeness (QED) is 0.440. The summed E-state index contributed by atoms with van der Waals surface area (Å²) in [5, 5.41) is 2.91. The van der Waals surface area contributed by atoms with Crippen molar-refractivity contribution in [3.63, 3.8) is 0 Å². The van der Waals surface area contributed by atoms with Gasteiger partial charge in [-0.25, -0.2) is 4.98 Å². The van der Waals surface area contributed by atoms with Gasteiger partial charge in [-0.15, -0.1) is 0 Å². The number of imidazole rings is 1. The van der Waals surface area contributed by atoms with Crippen molar-refractivity contribution in [2.24, 2.45) is 5.73 Å². The molecule has 0 atom stereocenters. The van der Waals surface area contributed by atoms with Crippen LogP contribution >= 0.6 is 0 Å². The Balaban J connectivity index is 1.07. The predicted molar refractivity (Wildman–Crippen MR) is 141 cm³/mol. The second-order valence-corrected chi connectivity index (χ2v) is 9.88. The molecule has 3 N–H and O–H groups in total. The van der Waals surface area contributed by atoms with E-state index in [4.69, 9.17) is 10.5 Å². The van der Waals surface area contributed by atoms with Crippen molar-refractivity contribution in [3.8, 4) is 5.75 Å². The summed E-state index contributed by atoms with van der Waals surface area (Å²) in [4.78, 5) is 32.0. The second-order valence-electron chi connectivity index (χ2n) is 9.88. The molecule has 6 rings (SSSR count). The van der Waals surface area contributed by atoms with Crippen LogP contribution < -0.4 is 15.8 Å². The zero-order valence-electron chi connectivity index (χ0n) is 20.5. The second kappa shape index (κ2) is 9.37. The summed E-state index contributed by atoms with van der Waals surface area (Å²) < 4.78 is 7.80. The third-order valence-electron chi connectivity index (χ3n) is 7.62. The third-order valence-corrected chi connectivity index (χ3v) is 7.62.